The number of hydrogen-bond acceptors (Lipinski definition) is 2. The Morgan fingerprint density at radius 3 is 2.60 bits per heavy atom. The molecule has 88 valence electrons. The predicted molar refractivity (Wildman–Crippen MR) is 62.7 cm³/mol. The number of nitrogens with one attached hydrogen (secondary N) is 2. The standard InChI is InChI=1S/C12H24N2O/c1-5-10(9(2)3)14-11(15)12(4)6-7-13-8-12/h9-10,13H,5-8H2,1-4H3,(H,14,15). The molecule has 0 bridgehead atoms. The van der Waals surface area contributed by atoms with E-state index in [1.807, 2.05) is 0 Å². The summed E-state index contributed by atoms with van der Waals surface area (Å²) in [4.78, 5) is 12.1. The van der Waals surface area contributed by atoms with Crippen LogP contribution in [0, 0.1) is 11.3 Å². The highest BCUT2D eigenvalue weighted by Gasteiger charge is 2.37. The molecule has 2 atom stereocenters. The third-order valence-electron chi connectivity index (χ3n) is 3.48. The lowest BCUT2D eigenvalue weighted by Crippen LogP contribution is -2.46. The Labute approximate surface area is 93.0 Å². The molecule has 1 aliphatic heterocycles. The van der Waals surface area contributed by atoms with Gasteiger partial charge in [0.15, 0.2) is 0 Å². The van der Waals surface area contributed by atoms with Crippen molar-refractivity contribution in [2.75, 3.05) is 13.1 Å². The van der Waals surface area contributed by atoms with Crippen LogP contribution in [0.15, 0.2) is 0 Å². The van der Waals surface area contributed by atoms with Gasteiger partial charge < -0.3 is 10.6 Å². The fourth-order valence-electron chi connectivity index (χ4n) is 2.09. The van der Waals surface area contributed by atoms with Crippen molar-refractivity contribution >= 4 is 5.91 Å². The van der Waals surface area contributed by atoms with Gasteiger partial charge in [0.2, 0.25) is 5.91 Å². The van der Waals surface area contributed by atoms with Crippen LogP contribution in [-0.4, -0.2) is 25.0 Å². The van der Waals surface area contributed by atoms with Gasteiger partial charge in [-0.25, -0.2) is 0 Å². The molecule has 1 heterocycles. The summed E-state index contributed by atoms with van der Waals surface area (Å²) in [6, 6.07) is 0.315. The molecule has 0 saturated carbocycles. The monoisotopic (exact) mass is 212 g/mol. The van der Waals surface area contributed by atoms with Crippen LogP contribution in [0.2, 0.25) is 0 Å². The highest BCUT2D eigenvalue weighted by Crippen LogP contribution is 2.25. The van der Waals surface area contributed by atoms with Crippen molar-refractivity contribution in [3.63, 3.8) is 0 Å². The lowest BCUT2D eigenvalue weighted by molar-refractivity contribution is -0.130. The second-order valence-corrected chi connectivity index (χ2v) is 5.22. The van der Waals surface area contributed by atoms with Crippen LogP contribution in [-0.2, 0) is 4.79 Å². The average Bonchev–Trinajstić information content (AvgIpc) is 2.61. The topological polar surface area (TPSA) is 41.1 Å². The summed E-state index contributed by atoms with van der Waals surface area (Å²) in [5, 5.41) is 6.42. The maximum Gasteiger partial charge on any atom is 0.227 e. The molecule has 1 saturated heterocycles. The normalized spacial score (nSPS) is 28.1. The third-order valence-corrected chi connectivity index (χ3v) is 3.48. The van der Waals surface area contributed by atoms with Crippen molar-refractivity contribution in [1.29, 1.82) is 0 Å². The number of hydrogen-bond donors (Lipinski definition) is 2. The molecule has 3 heteroatoms. The van der Waals surface area contributed by atoms with Gasteiger partial charge in [0, 0.05) is 12.6 Å². The number of carbonyl (C=O) groups excluding carboxylic acids is 1. The van der Waals surface area contributed by atoms with Gasteiger partial charge in [-0.1, -0.05) is 20.8 Å². The van der Waals surface area contributed by atoms with Gasteiger partial charge in [-0.05, 0) is 32.2 Å². The summed E-state index contributed by atoms with van der Waals surface area (Å²) in [6.45, 7) is 10.3. The second kappa shape index (κ2) is 4.97. The van der Waals surface area contributed by atoms with Crippen molar-refractivity contribution in [1.82, 2.24) is 10.6 Å². The molecule has 0 spiro atoms. The minimum atomic E-state index is -0.192. The first-order valence-electron chi connectivity index (χ1n) is 6.01. The smallest absolute Gasteiger partial charge is 0.227 e. The van der Waals surface area contributed by atoms with Crippen LogP contribution in [0.1, 0.15) is 40.5 Å². The zero-order valence-corrected chi connectivity index (χ0v) is 10.4. The molecule has 0 aromatic heterocycles. The van der Waals surface area contributed by atoms with E-state index in [0.29, 0.717) is 12.0 Å². The van der Waals surface area contributed by atoms with Crippen molar-refractivity contribution in [3.05, 3.63) is 0 Å². The summed E-state index contributed by atoms with van der Waals surface area (Å²) < 4.78 is 0. The minimum Gasteiger partial charge on any atom is -0.353 e. The average molecular weight is 212 g/mol. The molecule has 15 heavy (non-hydrogen) atoms. The van der Waals surface area contributed by atoms with E-state index in [4.69, 9.17) is 0 Å². The van der Waals surface area contributed by atoms with Gasteiger partial charge in [-0.2, -0.15) is 0 Å². The molecular formula is C12H24N2O. The quantitative estimate of drug-likeness (QED) is 0.742. The van der Waals surface area contributed by atoms with E-state index in [9.17, 15) is 4.79 Å². The summed E-state index contributed by atoms with van der Waals surface area (Å²) in [5.41, 5.74) is -0.192. The Morgan fingerprint density at radius 1 is 1.53 bits per heavy atom. The zero-order chi connectivity index (χ0) is 11.5. The van der Waals surface area contributed by atoms with Crippen LogP contribution in [0.5, 0.6) is 0 Å². The van der Waals surface area contributed by atoms with E-state index in [-0.39, 0.29) is 11.3 Å². The fourth-order valence-corrected chi connectivity index (χ4v) is 2.09. The second-order valence-electron chi connectivity index (χ2n) is 5.22. The SMILES string of the molecule is CCC(NC(=O)C1(C)CCNC1)C(C)C. The molecule has 0 radical (unpaired) electrons. The first kappa shape index (κ1) is 12.5. The maximum atomic E-state index is 12.1. The van der Waals surface area contributed by atoms with E-state index in [1.54, 1.807) is 0 Å². The molecule has 1 rings (SSSR count). The summed E-state index contributed by atoms with van der Waals surface area (Å²) in [6.07, 6.45) is 1.96. The van der Waals surface area contributed by atoms with Crippen LogP contribution < -0.4 is 10.6 Å². The largest absolute Gasteiger partial charge is 0.353 e. The number of rotatable bonds is 4. The highest BCUT2D eigenvalue weighted by atomic mass is 16.2. The van der Waals surface area contributed by atoms with Crippen LogP contribution in [0.25, 0.3) is 0 Å². The van der Waals surface area contributed by atoms with Crippen molar-refractivity contribution < 1.29 is 4.79 Å². The maximum absolute atomic E-state index is 12.1. The molecule has 1 fully saturated rings. The molecule has 0 aromatic carbocycles. The Kier molecular flexibility index (Phi) is 4.14. The number of carbonyl (C=O) groups is 1. The third kappa shape index (κ3) is 2.94. The molecule has 0 aliphatic carbocycles. The van der Waals surface area contributed by atoms with Gasteiger partial charge in [0.25, 0.3) is 0 Å². The summed E-state index contributed by atoms with van der Waals surface area (Å²) in [7, 11) is 0. The number of amides is 1. The van der Waals surface area contributed by atoms with Crippen molar-refractivity contribution in [3.8, 4) is 0 Å². The fraction of sp³-hybridized carbons (Fsp3) is 0.917. The summed E-state index contributed by atoms with van der Waals surface area (Å²) >= 11 is 0. The van der Waals surface area contributed by atoms with E-state index < -0.39 is 0 Å². The molecule has 2 unspecified atom stereocenters. The lowest BCUT2D eigenvalue weighted by atomic mass is 9.87. The Bertz CT molecular complexity index is 220. The Morgan fingerprint density at radius 2 is 2.20 bits per heavy atom. The molecular weight excluding hydrogens is 188 g/mol. The molecule has 1 amide bonds. The highest BCUT2D eigenvalue weighted by molar-refractivity contribution is 5.83. The van der Waals surface area contributed by atoms with Gasteiger partial charge in [-0.3, -0.25) is 4.79 Å². The zero-order valence-electron chi connectivity index (χ0n) is 10.4. The Balaban J connectivity index is 2.53. The van der Waals surface area contributed by atoms with Crippen LogP contribution >= 0.6 is 0 Å². The van der Waals surface area contributed by atoms with E-state index in [2.05, 4.69) is 38.3 Å². The van der Waals surface area contributed by atoms with Crippen LogP contribution in [0.4, 0.5) is 0 Å². The summed E-state index contributed by atoms with van der Waals surface area (Å²) in [5.74, 6) is 0.727. The molecule has 1 aliphatic rings. The lowest BCUT2D eigenvalue weighted by Gasteiger charge is -2.27. The van der Waals surface area contributed by atoms with Gasteiger partial charge in [-0.15, -0.1) is 0 Å². The molecule has 3 nitrogen and oxygen atoms in total. The minimum absolute atomic E-state index is 0.192. The van der Waals surface area contributed by atoms with Crippen molar-refractivity contribution in [2.24, 2.45) is 11.3 Å². The predicted octanol–water partition coefficient (Wildman–Crippen LogP) is 1.54. The molecule has 2 N–H and O–H groups in total. The van der Waals surface area contributed by atoms with E-state index >= 15 is 0 Å². The first-order valence-corrected chi connectivity index (χ1v) is 6.01. The van der Waals surface area contributed by atoms with Gasteiger partial charge >= 0.3 is 0 Å². The Hall–Kier alpha value is -0.570. The first-order chi connectivity index (χ1) is 6.99. The van der Waals surface area contributed by atoms with Crippen LogP contribution in [0.3, 0.4) is 0 Å². The van der Waals surface area contributed by atoms with Crippen molar-refractivity contribution in [2.45, 2.75) is 46.6 Å². The van der Waals surface area contributed by atoms with Gasteiger partial charge in [0.05, 0.1) is 5.41 Å². The molecule has 0 aromatic rings. The van der Waals surface area contributed by atoms with Gasteiger partial charge in [0.1, 0.15) is 0 Å². The van der Waals surface area contributed by atoms with E-state index in [0.717, 1.165) is 25.9 Å². The van der Waals surface area contributed by atoms with E-state index in [1.165, 1.54) is 0 Å².